The summed E-state index contributed by atoms with van der Waals surface area (Å²) in [5, 5.41) is 2.82. The number of rotatable bonds is 9. The summed E-state index contributed by atoms with van der Waals surface area (Å²) < 4.78 is 17.1. The lowest BCUT2D eigenvalue weighted by atomic mass is 9.63. The van der Waals surface area contributed by atoms with E-state index in [4.69, 9.17) is 14.2 Å². The number of benzene rings is 2. The summed E-state index contributed by atoms with van der Waals surface area (Å²) in [6, 6.07) is 12.6. The fourth-order valence-corrected chi connectivity index (χ4v) is 6.87. The minimum atomic E-state index is -0.471. The first kappa shape index (κ1) is 31.4. The predicted octanol–water partition coefficient (Wildman–Crippen LogP) is 6.82. The molecule has 0 aromatic heterocycles. The van der Waals surface area contributed by atoms with Crippen LogP contribution in [0.15, 0.2) is 65.0 Å². The highest BCUT2D eigenvalue weighted by Gasteiger charge is 2.48. The smallest absolute Gasteiger partial charge is 0.262 e. The van der Waals surface area contributed by atoms with Gasteiger partial charge in [-0.25, -0.2) is 0 Å². The minimum absolute atomic E-state index is 0.0948. The van der Waals surface area contributed by atoms with Crippen molar-refractivity contribution < 1.29 is 28.6 Å². The van der Waals surface area contributed by atoms with Crippen LogP contribution in [0.5, 0.6) is 17.2 Å². The van der Waals surface area contributed by atoms with Crippen molar-refractivity contribution in [1.29, 1.82) is 0 Å². The lowest BCUT2D eigenvalue weighted by molar-refractivity contribution is -0.120. The summed E-state index contributed by atoms with van der Waals surface area (Å²) in [7, 11) is 1.59. The molecule has 0 fully saturated rings. The molecular weight excluding hydrogens is 556 g/mol. The van der Waals surface area contributed by atoms with Crippen LogP contribution in [0.2, 0.25) is 0 Å². The third-order valence-corrected chi connectivity index (χ3v) is 8.67. The fraction of sp³-hybridized carbons (Fsp3) is 0.472. The molecule has 0 radical (unpaired) electrons. The second-order valence-electron chi connectivity index (χ2n) is 13.5. The average Bonchev–Trinajstić information content (AvgIpc) is 2.95. The molecule has 1 aliphatic heterocycles. The van der Waals surface area contributed by atoms with Gasteiger partial charge in [0.2, 0.25) is 0 Å². The Kier molecular flexibility index (Phi) is 8.65. The number of ether oxygens (including phenoxy) is 3. The predicted molar refractivity (Wildman–Crippen MR) is 170 cm³/mol. The molecule has 1 N–H and O–H groups in total. The van der Waals surface area contributed by atoms with Crippen molar-refractivity contribution in [3.63, 3.8) is 0 Å². The van der Waals surface area contributed by atoms with E-state index in [0.717, 1.165) is 40.9 Å². The largest absolute Gasteiger partial charge is 0.497 e. The number of carbonyl (C=O) groups excluding carboxylic acids is 3. The molecule has 1 amide bonds. The Morgan fingerprint density at radius 2 is 1.43 bits per heavy atom. The van der Waals surface area contributed by atoms with Gasteiger partial charge in [0.15, 0.2) is 29.7 Å². The number of nitrogens with one attached hydrogen (secondary N) is 1. The van der Waals surface area contributed by atoms with Crippen molar-refractivity contribution in [3.05, 3.63) is 70.6 Å². The second-order valence-corrected chi connectivity index (χ2v) is 13.5. The van der Waals surface area contributed by atoms with Crippen LogP contribution in [0.25, 0.3) is 0 Å². The van der Waals surface area contributed by atoms with Crippen molar-refractivity contribution in [1.82, 2.24) is 4.90 Å². The number of methoxy groups -OCH3 is 1. The number of anilines is 1. The molecular formula is C36H44N2O6. The van der Waals surface area contributed by atoms with E-state index < -0.39 is 5.92 Å². The third-order valence-electron chi connectivity index (χ3n) is 8.67. The average molecular weight is 601 g/mol. The zero-order valence-electron chi connectivity index (χ0n) is 27.0. The summed E-state index contributed by atoms with van der Waals surface area (Å²) in [5.74, 6) is 0.989. The van der Waals surface area contributed by atoms with Crippen LogP contribution in [-0.2, 0) is 14.4 Å². The number of nitrogens with zero attached hydrogens (tertiary/aromatic N) is 1. The molecule has 0 atom stereocenters. The van der Waals surface area contributed by atoms with Gasteiger partial charge in [0.05, 0.1) is 13.7 Å². The molecule has 0 saturated carbocycles. The van der Waals surface area contributed by atoms with Gasteiger partial charge in [-0.1, -0.05) is 33.8 Å². The molecule has 0 bridgehead atoms. The quantitative estimate of drug-likeness (QED) is 0.338. The zero-order chi connectivity index (χ0) is 31.8. The SMILES string of the molecule is CCOc1cc(C2C3=C(CC(C)(C)CC3=O)N(CC)C3=C2C(=O)CC(C)(C)C3)ccc1OCC(=O)Nc1ccc(OC)cc1. The van der Waals surface area contributed by atoms with Gasteiger partial charge in [0, 0.05) is 53.5 Å². The fourth-order valence-electron chi connectivity index (χ4n) is 6.87. The Morgan fingerprint density at radius 1 is 0.841 bits per heavy atom. The van der Waals surface area contributed by atoms with Gasteiger partial charge in [-0.05, 0) is 79.5 Å². The molecule has 0 unspecified atom stereocenters. The van der Waals surface area contributed by atoms with Crippen molar-refractivity contribution in [2.45, 2.75) is 73.1 Å². The molecule has 2 aliphatic carbocycles. The molecule has 2 aromatic carbocycles. The molecule has 8 heteroatoms. The Labute approximate surface area is 260 Å². The molecule has 0 saturated heterocycles. The second kappa shape index (κ2) is 12.1. The monoisotopic (exact) mass is 600 g/mol. The first-order chi connectivity index (χ1) is 20.9. The van der Waals surface area contributed by atoms with Crippen LogP contribution in [0.4, 0.5) is 5.69 Å². The molecule has 8 nitrogen and oxygen atoms in total. The van der Waals surface area contributed by atoms with E-state index in [1.54, 1.807) is 37.4 Å². The van der Waals surface area contributed by atoms with Crippen molar-refractivity contribution in [2.24, 2.45) is 10.8 Å². The number of allylic oxidation sites excluding steroid dienone is 4. The lowest BCUT2D eigenvalue weighted by Crippen LogP contribution is -2.44. The van der Waals surface area contributed by atoms with Gasteiger partial charge in [-0.2, -0.15) is 0 Å². The minimum Gasteiger partial charge on any atom is -0.497 e. The summed E-state index contributed by atoms with van der Waals surface area (Å²) in [6.45, 7) is 13.4. The molecule has 3 aliphatic rings. The Bertz CT molecular complexity index is 1480. The highest BCUT2D eigenvalue weighted by atomic mass is 16.5. The van der Waals surface area contributed by atoms with E-state index in [1.807, 2.05) is 19.1 Å². The number of carbonyl (C=O) groups is 3. The van der Waals surface area contributed by atoms with Crippen LogP contribution in [0.3, 0.4) is 0 Å². The van der Waals surface area contributed by atoms with Crippen molar-refractivity contribution in [2.75, 3.05) is 32.2 Å². The normalized spacial score (nSPS) is 19.4. The number of amides is 1. The highest BCUT2D eigenvalue weighted by Crippen LogP contribution is 2.54. The number of hydrogen-bond donors (Lipinski definition) is 1. The maximum Gasteiger partial charge on any atom is 0.262 e. The van der Waals surface area contributed by atoms with Gasteiger partial charge >= 0.3 is 0 Å². The van der Waals surface area contributed by atoms with Crippen LogP contribution in [0.1, 0.15) is 78.7 Å². The van der Waals surface area contributed by atoms with Gasteiger partial charge in [-0.3, -0.25) is 14.4 Å². The summed E-state index contributed by atoms with van der Waals surface area (Å²) in [5.41, 5.74) is 4.66. The van der Waals surface area contributed by atoms with E-state index in [1.165, 1.54) is 0 Å². The van der Waals surface area contributed by atoms with E-state index in [9.17, 15) is 14.4 Å². The number of hydrogen-bond acceptors (Lipinski definition) is 7. The van der Waals surface area contributed by atoms with Crippen LogP contribution in [0, 0.1) is 10.8 Å². The topological polar surface area (TPSA) is 94.2 Å². The first-order valence-electron chi connectivity index (χ1n) is 15.5. The standard InChI is InChI=1S/C36H44N2O6/c1-8-38-25-17-35(3,4)19-27(39)33(25)32(34-26(38)18-36(5,6)20-28(34)40)22-10-15-29(30(16-22)43-9-2)44-21-31(41)37-23-11-13-24(42-7)14-12-23/h10-16,32H,8-9,17-21H2,1-7H3,(H,37,41). The van der Waals surface area contributed by atoms with Crippen molar-refractivity contribution in [3.8, 4) is 17.2 Å². The van der Waals surface area contributed by atoms with Gasteiger partial charge in [-0.15, -0.1) is 0 Å². The van der Waals surface area contributed by atoms with Crippen LogP contribution < -0.4 is 19.5 Å². The Hall–Kier alpha value is -4.07. The van der Waals surface area contributed by atoms with E-state index in [2.05, 4.69) is 44.8 Å². The highest BCUT2D eigenvalue weighted by molar-refractivity contribution is 6.06. The van der Waals surface area contributed by atoms with E-state index >= 15 is 0 Å². The summed E-state index contributed by atoms with van der Waals surface area (Å²) >= 11 is 0. The maximum atomic E-state index is 13.9. The molecule has 0 spiro atoms. The molecule has 5 rings (SSSR count). The Balaban J connectivity index is 1.50. The Morgan fingerprint density at radius 3 is 1.95 bits per heavy atom. The molecule has 2 aromatic rings. The van der Waals surface area contributed by atoms with Gasteiger partial charge < -0.3 is 24.4 Å². The molecule has 1 heterocycles. The first-order valence-corrected chi connectivity index (χ1v) is 15.5. The van der Waals surface area contributed by atoms with E-state index in [0.29, 0.717) is 48.9 Å². The van der Waals surface area contributed by atoms with Crippen molar-refractivity contribution >= 4 is 23.2 Å². The molecule has 44 heavy (non-hydrogen) atoms. The number of Topliss-reactive ketones (excluding diaryl/α,β-unsaturated/α-hetero) is 2. The summed E-state index contributed by atoms with van der Waals surface area (Å²) in [4.78, 5) is 42.8. The zero-order valence-corrected chi connectivity index (χ0v) is 27.0. The van der Waals surface area contributed by atoms with Crippen LogP contribution in [-0.4, -0.2) is 49.2 Å². The van der Waals surface area contributed by atoms with E-state index in [-0.39, 0.29) is 34.9 Å². The van der Waals surface area contributed by atoms with Crippen LogP contribution >= 0.6 is 0 Å². The number of ketones is 2. The third kappa shape index (κ3) is 6.26. The summed E-state index contributed by atoms with van der Waals surface area (Å²) in [6.07, 6.45) is 2.41. The molecule has 234 valence electrons. The van der Waals surface area contributed by atoms with Gasteiger partial charge in [0.25, 0.3) is 5.91 Å². The maximum absolute atomic E-state index is 13.9. The van der Waals surface area contributed by atoms with Gasteiger partial charge in [0.1, 0.15) is 5.75 Å². The lowest BCUT2D eigenvalue weighted by Gasteiger charge is -2.48.